The highest BCUT2D eigenvalue weighted by molar-refractivity contribution is 6.02. The number of carbonyl (C=O) groups excluding carboxylic acids is 3. The van der Waals surface area contributed by atoms with Gasteiger partial charge >= 0.3 is 0 Å². The second-order valence-electron chi connectivity index (χ2n) is 12.3. The summed E-state index contributed by atoms with van der Waals surface area (Å²) in [6, 6.07) is 19.7. The number of carbonyl (C=O) groups is 3. The van der Waals surface area contributed by atoms with Crippen molar-refractivity contribution in [1.82, 2.24) is 0 Å². The maximum Gasteiger partial charge on any atom is 0.193 e. The third kappa shape index (κ3) is 8.48. The van der Waals surface area contributed by atoms with Gasteiger partial charge in [-0.25, -0.2) is 0 Å². The summed E-state index contributed by atoms with van der Waals surface area (Å²) in [4.78, 5) is 38.1. The zero-order valence-corrected chi connectivity index (χ0v) is 24.5. The molecule has 0 aromatic heterocycles. The molecular weight excluding hydrogens is 522 g/mol. The van der Waals surface area contributed by atoms with E-state index in [1.165, 1.54) is 41.5 Å². The third-order valence-corrected chi connectivity index (χ3v) is 6.65. The Balaban J connectivity index is 2.03. The standard InChI is InChI=1S/C33H39NO7/c1-31(2,38)28(35)25-13-7-10-22(16-25)19-34(41,20-23-11-8-14-26(17-23)29(36)32(3,4)39)21-24-12-9-15-27(18-24)30(37)33(5,6)40/h7-18,38-40H,19-21H2,1-6H3. The Kier molecular flexibility index (Phi) is 9.17. The number of hydroxylamine groups is 3. The minimum absolute atomic E-state index is 0.0552. The van der Waals surface area contributed by atoms with Gasteiger partial charge in [-0.2, -0.15) is 0 Å². The predicted molar refractivity (Wildman–Crippen MR) is 156 cm³/mol. The fourth-order valence-corrected chi connectivity index (χ4v) is 4.66. The maximum atomic E-state index is 14.6. The molecule has 0 unspecified atom stereocenters. The molecule has 0 aliphatic heterocycles. The van der Waals surface area contributed by atoms with E-state index in [4.69, 9.17) is 0 Å². The van der Waals surface area contributed by atoms with Crippen molar-refractivity contribution in [2.24, 2.45) is 0 Å². The first-order chi connectivity index (χ1) is 18.8. The van der Waals surface area contributed by atoms with Crippen LogP contribution in [0.15, 0.2) is 72.8 Å². The van der Waals surface area contributed by atoms with Crippen molar-refractivity contribution >= 4 is 17.3 Å². The Bertz CT molecular complexity index is 1270. The predicted octanol–water partition coefficient (Wildman–Crippen LogP) is 4.76. The van der Waals surface area contributed by atoms with Crippen LogP contribution >= 0.6 is 0 Å². The van der Waals surface area contributed by atoms with Crippen LogP contribution in [0.5, 0.6) is 0 Å². The highest BCUT2D eigenvalue weighted by atomic mass is 16.5. The van der Waals surface area contributed by atoms with Gasteiger partial charge in [0, 0.05) is 33.4 Å². The number of hydrogen-bond acceptors (Lipinski definition) is 7. The van der Waals surface area contributed by atoms with Crippen LogP contribution in [0.2, 0.25) is 0 Å². The summed E-state index contributed by atoms with van der Waals surface area (Å²) >= 11 is 0. The van der Waals surface area contributed by atoms with Crippen molar-refractivity contribution in [2.75, 3.05) is 0 Å². The zero-order valence-electron chi connectivity index (χ0n) is 24.5. The molecule has 3 rings (SSSR count). The van der Waals surface area contributed by atoms with E-state index in [0.717, 1.165) is 0 Å². The van der Waals surface area contributed by atoms with E-state index in [0.29, 0.717) is 16.7 Å². The van der Waals surface area contributed by atoms with E-state index in [2.05, 4.69) is 0 Å². The average Bonchev–Trinajstić information content (AvgIpc) is 2.85. The SMILES string of the molecule is CC(C)(O)C(=O)c1cccc(C[N+]([O-])(Cc2cccc(C(=O)C(C)(C)O)c2)Cc2cccc(C(=O)C(C)(C)O)c2)c1. The smallest absolute Gasteiger partial charge is 0.193 e. The number of nitrogens with zero attached hydrogens (tertiary/aromatic N) is 1. The van der Waals surface area contributed by atoms with Crippen LogP contribution in [-0.2, 0) is 19.6 Å². The van der Waals surface area contributed by atoms with Gasteiger partial charge in [0.15, 0.2) is 17.3 Å². The number of ketones is 3. The summed E-state index contributed by atoms with van der Waals surface area (Å²) < 4.78 is -0.833. The summed E-state index contributed by atoms with van der Waals surface area (Å²) in [6.07, 6.45) is 0. The van der Waals surface area contributed by atoms with Gasteiger partial charge in [0.25, 0.3) is 0 Å². The lowest BCUT2D eigenvalue weighted by atomic mass is 9.94. The fourth-order valence-electron chi connectivity index (χ4n) is 4.66. The molecule has 41 heavy (non-hydrogen) atoms. The van der Waals surface area contributed by atoms with Crippen molar-refractivity contribution in [1.29, 1.82) is 0 Å². The van der Waals surface area contributed by atoms with Crippen molar-refractivity contribution in [3.8, 4) is 0 Å². The molecule has 8 nitrogen and oxygen atoms in total. The summed E-state index contributed by atoms with van der Waals surface area (Å²) in [7, 11) is 0. The lowest BCUT2D eigenvalue weighted by Crippen LogP contribution is -2.40. The molecule has 0 amide bonds. The zero-order chi connectivity index (χ0) is 30.8. The molecule has 3 aromatic carbocycles. The normalized spacial score (nSPS) is 12.7. The highest BCUT2D eigenvalue weighted by Gasteiger charge is 2.29. The molecule has 0 saturated heterocycles. The third-order valence-electron chi connectivity index (χ3n) is 6.65. The van der Waals surface area contributed by atoms with Gasteiger partial charge in [-0.1, -0.05) is 54.6 Å². The Morgan fingerprint density at radius 3 is 1.02 bits per heavy atom. The van der Waals surface area contributed by atoms with E-state index < -0.39 is 38.8 Å². The first kappa shape index (κ1) is 32.0. The van der Waals surface area contributed by atoms with Crippen LogP contribution < -0.4 is 0 Å². The number of Topliss-reactive ketones (excluding diaryl/α,β-unsaturated/α-hetero) is 3. The topological polar surface area (TPSA) is 135 Å². The minimum atomic E-state index is -1.58. The second-order valence-corrected chi connectivity index (χ2v) is 12.3. The Morgan fingerprint density at radius 2 is 0.805 bits per heavy atom. The van der Waals surface area contributed by atoms with E-state index in [9.17, 15) is 34.9 Å². The number of hydrogen-bond donors (Lipinski definition) is 3. The molecule has 0 radical (unpaired) electrons. The van der Waals surface area contributed by atoms with Crippen molar-refractivity contribution in [3.05, 3.63) is 111 Å². The van der Waals surface area contributed by atoms with Crippen LogP contribution in [-0.4, -0.2) is 54.1 Å². The maximum absolute atomic E-state index is 14.6. The lowest BCUT2D eigenvalue weighted by molar-refractivity contribution is -0.920. The summed E-state index contributed by atoms with van der Waals surface area (Å²) in [5.74, 6) is -1.42. The van der Waals surface area contributed by atoms with E-state index in [1.54, 1.807) is 72.8 Å². The van der Waals surface area contributed by atoms with Crippen LogP contribution in [0, 0.1) is 5.21 Å². The molecule has 0 atom stereocenters. The molecule has 0 saturated carbocycles. The molecule has 8 heteroatoms. The number of rotatable bonds is 12. The van der Waals surface area contributed by atoms with Crippen molar-refractivity contribution in [3.63, 3.8) is 0 Å². The van der Waals surface area contributed by atoms with Crippen LogP contribution in [0.3, 0.4) is 0 Å². The van der Waals surface area contributed by atoms with E-state index >= 15 is 0 Å². The van der Waals surface area contributed by atoms with Crippen LogP contribution in [0.4, 0.5) is 0 Å². The molecule has 0 bridgehead atoms. The van der Waals surface area contributed by atoms with Gasteiger partial charge in [-0.3, -0.25) is 14.4 Å². The van der Waals surface area contributed by atoms with Gasteiger partial charge in [0.05, 0.1) is 0 Å². The Labute approximate surface area is 241 Å². The molecule has 0 heterocycles. The quantitative estimate of drug-likeness (QED) is 0.165. The number of aliphatic hydroxyl groups is 3. The summed E-state index contributed by atoms with van der Waals surface area (Å²) in [5, 5.41) is 45.2. The van der Waals surface area contributed by atoms with Gasteiger partial charge in [-0.15, -0.1) is 0 Å². The second kappa shape index (κ2) is 11.8. The van der Waals surface area contributed by atoms with Gasteiger partial charge < -0.3 is 25.2 Å². The van der Waals surface area contributed by atoms with E-state index in [1.807, 2.05) is 0 Å². The number of quaternary nitrogens is 1. The molecule has 0 aliphatic rings. The Hall–Kier alpha value is -3.53. The summed E-state index contributed by atoms with van der Waals surface area (Å²) in [6.45, 7) is 8.25. The van der Waals surface area contributed by atoms with Crippen LogP contribution in [0.1, 0.15) is 89.3 Å². The van der Waals surface area contributed by atoms with Gasteiger partial charge in [0.1, 0.15) is 36.4 Å². The van der Waals surface area contributed by atoms with Crippen molar-refractivity contribution in [2.45, 2.75) is 78.0 Å². The summed E-state index contributed by atoms with van der Waals surface area (Å²) in [5.41, 5.74) is -2.20. The molecule has 3 aromatic rings. The lowest BCUT2D eigenvalue weighted by Gasteiger charge is -2.43. The highest BCUT2D eigenvalue weighted by Crippen LogP contribution is 2.26. The molecule has 218 valence electrons. The monoisotopic (exact) mass is 561 g/mol. The molecule has 3 N–H and O–H groups in total. The molecular formula is C33H39NO7. The van der Waals surface area contributed by atoms with E-state index in [-0.39, 0.29) is 36.3 Å². The average molecular weight is 562 g/mol. The molecule has 0 fully saturated rings. The van der Waals surface area contributed by atoms with Gasteiger partial charge in [0.2, 0.25) is 0 Å². The number of benzene rings is 3. The van der Waals surface area contributed by atoms with Crippen molar-refractivity contribution < 1.29 is 34.3 Å². The minimum Gasteiger partial charge on any atom is -0.632 e. The first-order valence-corrected chi connectivity index (χ1v) is 13.4. The Morgan fingerprint density at radius 1 is 0.561 bits per heavy atom. The van der Waals surface area contributed by atoms with Crippen LogP contribution in [0.25, 0.3) is 0 Å². The first-order valence-electron chi connectivity index (χ1n) is 13.4. The molecule has 0 spiro atoms. The molecule has 0 aliphatic carbocycles. The van der Waals surface area contributed by atoms with Gasteiger partial charge in [-0.05, 0) is 59.7 Å². The fraction of sp³-hybridized carbons (Fsp3) is 0.364. The largest absolute Gasteiger partial charge is 0.632 e.